The lowest BCUT2D eigenvalue weighted by atomic mass is 10.0. The summed E-state index contributed by atoms with van der Waals surface area (Å²) in [5.41, 5.74) is 8.68. The summed E-state index contributed by atoms with van der Waals surface area (Å²) in [4.78, 5) is 16.6. The second-order valence-electron chi connectivity index (χ2n) is 10.2. The third-order valence-corrected chi connectivity index (χ3v) is 10.4. The molecule has 4 aromatic rings. The van der Waals surface area contributed by atoms with Gasteiger partial charge in [0.1, 0.15) is 11.6 Å². The van der Waals surface area contributed by atoms with Crippen molar-refractivity contribution < 1.29 is 9.90 Å². The highest BCUT2D eigenvalue weighted by Crippen LogP contribution is 2.53. The maximum Gasteiger partial charge on any atom is 0.346 e. The average molecular weight is 597 g/mol. The predicted octanol–water partition coefficient (Wildman–Crippen LogP) is 9.88. The van der Waals surface area contributed by atoms with Crippen molar-refractivity contribution >= 4 is 68.7 Å². The zero-order chi connectivity index (χ0) is 29.3. The molecule has 2 heterocycles. The summed E-state index contributed by atoms with van der Waals surface area (Å²) in [7, 11) is 0. The van der Waals surface area contributed by atoms with Crippen LogP contribution in [0.25, 0.3) is 11.0 Å². The number of aliphatic carboxylic acids is 1. The van der Waals surface area contributed by atoms with Gasteiger partial charge in [0, 0.05) is 31.7 Å². The van der Waals surface area contributed by atoms with Gasteiger partial charge in [0.05, 0.1) is 10.6 Å². The predicted molar refractivity (Wildman–Crippen MR) is 174 cm³/mol. The maximum absolute atomic E-state index is 11.3. The highest BCUT2D eigenvalue weighted by Gasteiger charge is 2.31. The van der Waals surface area contributed by atoms with Gasteiger partial charge in [0.25, 0.3) is 0 Å². The Morgan fingerprint density at radius 1 is 0.902 bits per heavy atom. The second-order valence-corrected chi connectivity index (χ2v) is 13.0. The Hall–Kier alpha value is -3.76. The highest BCUT2D eigenvalue weighted by atomic mass is 35.5. The van der Waals surface area contributed by atoms with E-state index in [1.54, 1.807) is 17.8 Å². The summed E-state index contributed by atoms with van der Waals surface area (Å²) in [5, 5.41) is 18.2. The molecule has 0 saturated heterocycles. The van der Waals surface area contributed by atoms with E-state index in [-0.39, 0.29) is 16.2 Å². The molecule has 5 rings (SSSR count). The van der Waals surface area contributed by atoms with Crippen molar-refractivity contribution in [2.45, 2.75) is 38.3 Å². The van der Waals surface area contributed by atoms with Crippen molar-refractivity contribution in [3.63, 3.8) is 0 Å². The van der Waals surface area contributed by atoms with E-state index in [0.29, 0.717) is 0 Å². The maximum atomic E-state index is 11.3. The number of aryl methyl sites for hydroxylation is 4. The SMILES string of the molecule is Cc1ccc(N(c2ccc(C)cc2)c2ccc(C3=CC(Cl)C(c4cc(C)c(/C=C(\C#N)C(=O)O)s4)S3)c(C)c2)cc1. The molecular weight excluding hydrogens is 568 g/mol. The fourth-order valence-corrected chi connectivity index (χ4v) is 8.07. The molecule has 3 aromatic carbocycles. The smallest absolute Gasteiger partial charge is 0.346 e. The third-order valence-electron chi connectivity index (χ3n) is 7.05. The van der Waals surface area contributed by atoms with Crippen molar-refractivity contribution in [3.05, 3.63) is 122 Å². The zero-order valence-electron chi connectivity index (χ0n) is 23.2. The number of alkyl halides is 1. The van der Waals surface area contributed by atoms with Gasteiger partial charge in [0.15, 0.2) is 0 Å². The number of nitriles is 1. The fraction of sp³-hybridized carbons (Fsp3) is 0.176. The molecule has 2 atom stereocenters. The number of carbonyl (C=O) groups is 1. The number of carboxylic acids is 1. The molecular formula is C34H29ClN2O2S2. The van der Waals surface area contributed by atoms with Crippen LogP contribution in [0, 0.1) is 39.0 Å². The molecule has 2 unspecified atom stereocenters. The van der Waals surface area contributed by atoms with E-state index in [4.69, 9.17) is 16.9 Å². The molecule has 0 amide bonds. The number of thiophene rings is 1. The second kappa shape index (κ2) is 12.0. The van der Waals surface area contributed by atoms with E-state index in [2.05, 4.69) is 98.5 Å². The van der Waals surface area contributed by atoms with E-state index in [9.17, 15) is 9.90 Å². The standard InChI is InChI=1S/C34H29ClN2O2S2/c1-20-5-9-25(10-6-20)37(26-11-7-21(2)8-12-26)27-13-14-28(22(3)15-27)31-18-29(35)33(41-31)32-16-23(4)30(40-32)17-24(19-36)34(38)39/h5-18,29,33H,1-4H3,(H,38,39)/b24-17+. The number of rotatable bonds is 7. The van der Waals surface area contributed by atoms with Crippen LogP contribution < -0.4 is 4.90 Å². The molecule has 0 aliphatic carbocycles. The lowest BCUT2D eigenvalue weighted by molar-refractivity contribution is -0.132. The van der Waals surface area contributed by atoms with Crippen molar-refractivity contribution in [2.75, 3.05) is 4.90 Å². The number of hydrogen-bond acceptors (Lipinski definition) is 5. The molecule has 1 N–H and O–H groups in total. The summed E-state index contributed by atoms with van der Waals surface area (Å²) >= 11 is 10.1. The summed E-state index contributed by atoms with van der Waals surface area (Å²) in [5.74, 6) is -1.22. The molecule has 0 bridgehead atoms. The average Bonchev–Trinajstić information content (AvgIpc) is 3.51. The first-order valence-electron chi connectivity index (χ1n) is 13.2. The minimum absolute atomic E-state index is 0.00331. The number of benzene rings is 3. The van der Waals surface area contributed by atoms with Crippen LogP contribution in [0.1, 0.15) is 42.8 Å². The number of anilines is 3. The van der Waals surface area contributed by atoms with E-state index in [0.717, 1.165) is 48.4 Å². The molecule has 7 heteroatoms. The molecule has 1 aliphatic heterocycles. The first kappa shape index (κ1) is 28.8. The van der Waals surface area contributed by atoms with Crippen LogP contribution >= 0.6 is 34.7 Å². The molecule has 1 aliphatic rings. The van der Waals surface area contributed by atoms with Crippen LogP contribution in [0.3, 0.4) is 0 Å². The third kappa shape index (κ3) is 6.13. The topological polar surface area (TPSA) is 64.3 Å². The molecule has 206 valence electrons. The largest absolute Gasteiger partial charge is 0.477 e. The lowest BCUT2D eigenvalue weighted by Crippen LogP contribution is -2.10. The van der Waals surface area contributed by atoms with Crippen LogP contribution in [-0.4, -0.2) is 16.5 Å². The Morgan fingerprint density at radius 2 is 1.49 bits per heavy atom. The van der Waals surface area contributed by atoms with Gasteiger partial charge in [-0.3, -0.25) is 0 Å². The van der Waals surface area contributed by atoms with Gasteiger partial charge < -0.3 is 10.0 Å². The minimum Gasteiger partial charge on any atom is -0.477 e. The van der Waals surface area contributed by atoms with Crippen molar-refractivity contribution in [2.24, 2.45) is 0 Å². The van der Waals surface area contributed by atoms with Gasteiger partial charge >= 0.3 is 5.97 Å². The summed E-state index contributed by atoms with van der Waals surface area (Å²) in [6, 6.07) is 27.5. The molecule has 4 nitrogen and oxygen atoms in total. The molecule has 41 heavy (non-hydrogen) atoms. The van der Waals surface area contributed by atoms with Gasteiger partial charge in [-0.05, 0) is 92.9 Å². The van der Waals surface area contributed by atoms with E-state index < -0.39 is 5.97 Å². The number of thioether (sulfide) groups is 1. The first-order chi connectivity index (χ1) is 19.6. The zero-order valence-corrected chi connectivity index (χ0v) is 25.6. The summed E-state index contributed by atoms with van der Waals surface area (Å²) in [6.45, 7) is 8.25. The van der Waals surface area contributed by atoms with Gasteiger partial charge in [-0.2, -0.15) is 5.26 Å². The van der Waals surface area contributed by atoms with Crippen LogP contribution in [0.4, 0.5) is 17.1 Å². The quantitative estimate of drug-likeness (QED) is 0.131. The number of carboxylic acid groups (broad SMARTS) is 1. The van der Waals surface area contributed by atoms with E-state index in [1.807, 2.05) is 13.0 Å². The van der Waals surface area contributed by atoms with Gasteiger partial charge in [-0.15, -0.1) is 34.7 Å². The van der Waals surface area contributed by atoms with Gasteiger partial charge in [-0.25, -0.2) is 4.79 Å². The number of halogens is 1. The lowest BCUT2D eigenvalue weighted by Gasteiger charge is -2.26. The normalized spacial score (nSPS) is 16.8. The monoisotopic (exact) mass is 596 g/mol. The van der Waals surface area contributed by atoms with Gasteiger partial charge in [-0.1, -0.05) is 47.5 Å². The molecule has 0 fully saturated rings. The molecule has 0 saturated carbocycles. The van der Waals surface area contributed by atoms with Crippen molar-refractivity contribution in [1.82, 2.24) is 0 Å². The first-order valence-corrected chi connectivity index (χ1v) is 15.3. The van der Waals surface area contributed by atoms with Crippen molar-refractivity contribution in [3.8, 4) is 6.07 Å². The van der Waals surface area contributed by atoms with Crippen LogP contribution in [0.15, 0.2) is 84.4 Å². The number of hydrogen-bond donors (Lipinski definition) is 1. The number of allylic oxidation sites excluding steroid dienone is 1. The Balaban J connectivity index is 1.44. The van der Waals surface area contributed by atoms with E-state index >= 15 is 0 Å². The van der Waals surface area contributed by atoms with Crippen molar-refractivity contribution in [1.29, 1.82) is 5.26 Å². The van der Waals surface area contributed by atoms with Crippen LogP contribution in [-0.2, 0) is 4.79 Å². The summed E-state index contributed by atoms with van der Waals surface area (Å²) in [6.07, 6.45) is 3.55. The molecule has 0 spiro atoms. The number of nitrogens with zero attached hydrogens (tertiary/aromatic N) is 2. The molecule has 1 aromatic heterocycles. The highest BCUT2D eigenvalue weighted by molar-refractivity contribution is 8.09. The Bertz CT molecular complexity index is 1670. The Morgan fingerprint density at radius 3 is 2.02 bits per heavy atom. The van der Waals surface area contributed by atoms with Crippen LogP contribution in [0.5, 0.6) is 0 Å². The Kier molecular flexibility index (Phi) is 8.42. The minimum atomic E-state index is -1.22. The van der Waals surface area contributed by atoms with Crippen LogP contribution in [0.2, 0.25) is 0 Å². The fourth-order valence-electron chi connectivity index (χ4n) is 4.82. The summed E-state index contributed by atoms with van der Waals surface area (Å²) < 4.78 is 0. The van der Waals surface area contributed by atoms with Gasteiger partial charge in [0.2, 0.25) is 0 Å². The molecule has 0 radical (unpaired) electrons. The Labute approximate surface area is 254 Å². The van der Waals surface area contributed by atoms with E-state index in [1.165, 1.54) is 28.5 Å².